The van der Waals surface area contributed by atoms with E-state index in [4.69, 9.17) is 23.2 Å². The summed E-state index contributed by atoms with van der Waals surface area (Å²) in [4.78, 5) is 28.9. The van der Waals surface area contributed by atoms with Gasteiger partial charge in [0.15, 0.2) is 0 Å². The molecule has 0 bridgehead atoms. The molecule has 1 aliphatic rings. The van der Waals surface area contributed by atoms with Crippen molar-refractivity contribution in [2.24, 2.45) is 0 Å². The molecule has 1 N–H and O–H groups in total. The molecular weight excluding hydrogens is 381 g/mol. The Hall–Kier alpha value is -1.76. The lowest BCUT2D eigenvalue weighted by molar-refractivity contribution is -0.130. The van der Waals surface area contributed by atoms with Gasteiger partial charge in [0.05, 0.1) is 11.4 Å². The van der Waals surface area contributed by atoms with Crippen LogP contribution in [-0.2, 0) is 4.79 Å². The van der Waals surface area contributed by atoms with Crippen LogP contribution in [0.5, 0.6) is 0 Å². The molecule has 1 aliphatic heterocycles. The summed E-state index contributed by atoms with van der Waals surface area (Å²) in [5.74, 6) is 0.0214. The molecule has 0 aliphatic carbocycles. The predicted octanol–water partition coefficient (Wildman–Crippen LogP) is 3.45. The second-order valence-electron chi connectivity index (χ2n) is 5.66. The Labute approximate surface area is 160 Å². The number of rotatable bonds is 4. The average molecular weight is 398 g/mol. The van der Waals surface area contributed by atoms with Crippen LogP contribution in [-0.4, -0.2) is 54.3 Å². The summed E-state index contributed by atoms with van der Waals surface area (Å²) in [6, 6.07) is 8.77. The van der Waals surface area contributed by atoms with Gasteiger partial charge in [-0.2, -0.15) is 0 Å². The fraction of sp³-hybridized carbons (Fsp3) is 0.294. The first-order valence-electron chi connectivity index (χ1n) is 7.83. The molecule has 0 radical (unpaired) electrons. The quantitative estimate of drug-likeness (QED) is 0.859. The zero-order valence-corrected chi connectivity index (χ0v) is 15.7. The predicted molar refractivity (Wildman–Crippen MR) is 102 cm³/mol. The summed E-state index contributed by atoms with van der Waals surface area (Å²) in [5, 5.41) is 5.96. The molecule has 3 rings (SSSR count). The number of nitrogens with one attached hydrogen (secondary N) is 1. The normalized spacial score (nSPS) is 14.5. The molecule has 0 atom stereocenters. The number of benzene rings is 1. The Morgan fingerprint density at radius 3 is 2.28 bits per heavy atom. The number of hydrogen-bond donors (Lipinski definition) is 1. The third-order valence-corrected chi connectivity index (χ3v) is 5.25. The summed E-state index contributed by atoms with van der Waals surface area (Å²) < 4.78 is 0. The Morgan fingerprint density at radius 2 is 1.68 bits per heavy atom. The van der Waals surface area contributed by atoms with Crippen LogP contribution in [0.2, 0.25) is 10.0 Å². The van der Waals surface area contributed by atoms with Crippen LogP contribution >= 0.6 is 34.5 Å². The third kappa shape index (κ3) is 4.66. The maximum atomic E-state index is 12.3. The lowest BCUT2D eigenvalue weighted by atomic mass is 10.2. The van der Waals surface area contributed by atoms with Gasteiger partial charge in [-0.25, -0.2) is 0 Å². The van der Waals surface area contributed by atoms with Crippen molar-refractivity contribution in [3.05, 3.63) is 50.6 Å². The van der Waals surface area contributed by atoms with E-state index in [0.29, 0.717) is 41.9 Å². The zero-order valence-electron chi connectivity index (χ0n) is 13.4. The Balaban J connectivity index is 1.49. The lowest BCUT2D eigenvalue weighted by Crippen LogP contribution is -2.51. The molecule has 25 heavy (non-hydrogen) atoms. The van der Waals surface area contributed by atoms with E-state index in [0.717, 1.165) is 4.88 Å². The fourth-order valence-electron chi connectivity index (χ4n) is 2.66. The van der Waals surface area contributed by atoms with Crippen LogP contribution in [0.3, 0.4) is 0 Å². The van der Waals surface area contributed by atoms with E-state index >= 15 is 0 Å². The van der Waals surface area contributed by atoms with Gasteiger partial charge in [-0.05, 0) is 29.6 Å². The molecule has 132 valence electrons. The molecule has 2 heterocycles. The minimum absolute atomic E-state index is 0.0145. The van der Waals surface area contributed by atoms with Crippen molar-refractivity contribution in [2.75, 3.05) is 38.0 Å². The van der Waals surface area contributed by atoms with Crippen molar-refractivity contribution < 1.29 is 9.59 Å². The first kappa shape index (κ1) is 18.0. The Bertz CT molecular complexity index is 739. The van der Waals surface area contributed by atoms with Crippen molar-refractivity contribution in [2.45, 2.75) is 0 Å². The zero-order chi connectivity index (χ0) is 17.8. The van der Waals surface area contributed by atoms with Gasteiger partial charge in [-0.15, -0.1) is 11.3 Å². The second kappa shape index (κ2) is 8.08. The van der Waals surface area contributed by atoms with E-state index < -0.39 is 0 Å². The highest BCUT2D eigenvalue weighted by Gasteiger charge is 2.25. The standard InChI is InChI=1S/C17H17Cl2N3O2S/c18-12-8-13(19)10-14(9-12)20-11-16(23)21-3-5-22(6-4-21)17(24)15-2-1-7-25-15/h1-2,7-10,20H,3-6,11H2. The summed E-state index contributed by atoms with van der Waals surface area (Å²) >= 11 is 13.3. The van der Waals surface area contributed by atoms with E-state index in [-0.39, 0.29) is 18.4 Å². The minimum atomic E-state index is -0.0145. The minimum Gasteiger partial charge on any atom is -0.376 e. The van der Waals surface area contributed by atoms with Gasteiger partial charge >= 0.3 is 0 Å². The molecule has 1 aromatic heterocycles. The summed E-state index contributed by atoms with van der Waals surface area (Å²) in [5.41, 5.74) is 0.706. The fourth-order valence-corrected chi connectivity index (χ4v) is 3.88. The highest BCUT2D eigenvalue weighted by molar-refractivity contribution is 7.12. The number of amides is 2. The van der Waals surface area contributed by atoms with E-state index in [1.165, 1.54) is 11.3 Å². The highest BCUT2D eigenvalue weighted by atomic mass is 35.5. The molecule has 1 saturated heterocycles. The molecular formula is C17H17Cl2N3O2S. The highest BCUT2D eigenvalue weighted by Crippen LogP contribution is 2.22. The second-order valence-corrected chi connectivity index (χ2v) is 7.48. The summed E-state index contributed by atoms with van der Waals surface area (Å²) in [6.45, 7) is 2.33. The van der Waals surface area contributed by atoms with Gasteiger partial charge in [0.2, 0.25) is 5.91 Å². The first-order valence-corrected chi connectivity index (χ1v) is 9.47. The summed E-state index contributed by atoms with van der Waals surface area (Å²) in [6.07, 6.45) is 0. The van der Waals surface area contributed by atoms with Crippen molar-refractivity contribution in [1.29, 1.82) is 0 Å². The maximum Gasteiger partial charge on any atom is 0.264 e. The van der Waals surface area contributed by atoms with Gasteiger partial charge in [0.1, 0.15) is 0 Å². The van der Waals surface area contributed by atoms with Crippen LogP contribution in [0.4, 0.5) is 5.69 Å². The number of anilines is 1. The Morgan fingerprint density at radius 1 is 1.04 bits per heavy atom. The molecule has 1 fully saturated rings. The third-order valence-electron chi connectivity index (χ3n) is 3.96. The van der Waals surface area contributed by atoms with Gasteiger partial charge in [-0.1, -0.05) is 29.3 Å². The van der Waals surface area contributed by atoms with Crippen molar-refractivity contribution in [3.8, 4) is 0 Å². The smallest absolute Gasteiger partial charge is 0.264 e. The topological polar surface area (TPSA) is 52.7 Å². The van der Waals surface area contributed by atoms with Crippen molar-refractivity contribution >= 4 is 52.0 Å². The number of hydrogen-bond acceptors (Lipinski definition) is 4. The molecule has 2 aromatic rings. The van der Waals surface area contributed by atoms with E-state index in [1.54, 1.807) is 28.0 Å². The maximum absolute atomic E-state index is 12.3. The van der Waals surface area contributed by atoms with Crippen molar-refractivity contribution in [3.63, 3.8) is 0 Å². The van der Waals surface area contributed by atoms with E-state index in [9.17, 15) is 9.59 Å². The van der Waals surface area contributed by atoms with Gasteiger partial charge in [-0.3, -0.25) is 9.59 Å². The van der Waals surface area contributed by atoms with Crippen LogP contribution < -0.4 is 5.32 Å². The molecule has 0 spiro atoms. The molecule has 8 heteroatoms. The van der Waals surface area contributed by atoms with Crippen LogP contribution in [0, 0.1) is 0 Å². The number of carbonyl (C=O) groups excluding carboxylic acids is 2. The monoisotopic (exact) mass is 397 g/mol. The van der Waals surface area contributed by atoms with E-state index in [2.05, 4.69) is 5.32 Å². The van der Waals surface area contributed by atoms with E-state index in [1.807, 2.05) is 17.5 Å². The SMILES string of the molecule is O=C(CNc1cc(Cl)cc(Cl)c1)N1CCN(C(=O)c2cccs2)CC1. The van der Waals surface area contributed by atoms with Gasteiger partial charge < -0.3 is 15.1 Å². The van der Waals surface area contributed by atoms with Crippen LogP contribution in [0.25, 0.3) is 0 Å². The van der Waals surface area contributed by atoms with Gasteiger partial charge in [0, 0.05) is 41.9 Å². The lowest BCUT2D eigenvalue weighted by Gasteiger charge is -2.34. The number of thiophene rings is 1. The summed E-state index contributed by atoms with van der Waals surface area (Å²) in [7, 11) is 0. The van der Waals surface area contributed by atoms with Crippen LogP contribution in [0.1, 0.15) is 9.67 Å². The molecule has 1 aromatic carbocycles. The number of piperazine rings is 1. The molecule has 2 amide bonds. The first-order chi connectivity index (χ1) is 12.0. The average Bonchev–Trinajstić information content (AvgIpc) is 3.13. The Kier molecular flexibility index (Phi) is 5.83. The van der Waals surface area contributed by atoms with Gasteiger partial charge in [0.25, 0.3) is 5.91 Å². The largest absolute Gasteiger partial charge is 0.376 e. The van der Waals surface area contributed by atoms with Crippen LogP contribution in [0.15, 0.2) is 35.7 Å². The molecule has 0 saturated carbocycles. The number of halogens is 2. The van der Waals surface area contributed by atoms with Crippen molar-refractivity contribution in [1.82, 2.24) is 9.80 Å². The molecule has 5 nitrogen and oxygen atoms in total. The molecule has 0 unspecified atom stereocenters. The number of carbonyl (C=O) groups is 2. The number of nitrogens with zero attached hydrogens (tertiary/aromatic N) is 2.